The van der Waals surface area contributed by atoms with Crippen molar-refractivity contribution in [3.05, 3.63) is 18.2 Å². The Labute approximate surface area is 107 Å². The van der Waals surface area contributed by atoms with Crippen LogP contribution in [0.3, 0.4) is 0 Å². The second-order valence-electron chi connectivity index (χ2n) is 5.36. The fourth-order valence-electron chi connectivity index (χ4n) is 3.33. The van der Waals surface area contributed by atoms with Crippen molar-refractivity contribution in [2.45, 2.75) is 31.7 Å². The summed E-state index contributed by atoms with van der Waals surface area (Å²) in [6.07, 6.45) is 8.05. The van der Waals surface area contributed by atoms with Gasteiger partial charge in [0, 0.05) is 24.9 Å². The smallest absolute Gasteiger partial charge is 0.237 e. The summed E-state index contributed by atoms with van der Waals surface area (Å²) < 4.78 is 0. The van der Waals surface area contributed by atoms with Gasteiger partial charge in [-0.1, -0.05) is 6.42 Å². The van der Waals surface area contributed by atoms with E-state index in [1.54, 1.807) is 12.5 Å². The van der Waals surface area contributed by atoms with Crippen molar-refractivity contribution in [3.8, 4) is 0 Å². The van der Waals surface area contributed by atoms with E-state index in [0.29, 0.717) is 12.5 Å². The summed E-state index contributed by atoms with van der Waals surface area (Å²) in [5.41, 5.74) is 1.06. The van der Waals surface area contributed by atoms with Crippen LogP contribution in [-0.4, -0.2) is 35.0 Å². The Morgan fingerprint density at radius 1 is 1.50 bits per heavy atom. The second-order valence-corrected chi connectivity index (χ2v) is 5.36. The van der Waals surface area contributed by atoms with E-state index >= 15 is 0 Å². The van der Waals surface area contributed by atoms with Crippen molar-refractivity contribution in [2.75, 3.05) is 13.1 Å². The van der Waals surface area contributed by atoms with Gasteiger partial charge in [-0.05, 0) is 31.2 Å². The van der Waals surface area contributed by atoms with E-state index in [2.05, 4.69) is 20.6 Å². The van der Waals surface area contributed by atoms with Gasteiger partial charge in [-0.15, -0.1) is 0 Å². The van der Waals surface area contributed by atoms with Crippen LogP contribution in [0.5, 0.6) is 0 Å². The lowest BCUT2D eigenvalue weighted by Crippen LogP contribution is -2.44. The molecule has 1 saturated carbocycles. The Hall–Kier alpha value is -1.36. The maximum atomic E-state index is 12.1. The van der Waals surface area contributed by atoms with Gasteiger partial charge in [-0.2, -0.15) is 0 Å². The maximum Gasteiger partial charge on any atom is 0.237 e. The van der Waals surface area contributed by atoms with Crippen LogP contribution in [0.4, 0.5) is 0 Å². The van der Waals surface area contributed by atoms with Crippen molar-refractivity contribution in [3.63, 3.8) is 0 Å². The molecule has 1 aliphatic carbocycles. The zero-order valence-electron chi connectivity index (χ0n) is 10.5. The maximum absolute atomic E-state index is 12.1. The lowest BCUT2D eigenvalue weighted by molar-refractivity contribution is -0.123. The molecule has 1 amide bonds. The summed E-state index contributed by atoms with van der Waals surface area (Å²) in [6.45, 7) is 1.69. The molecule has 1 aromatic rings. The second kappa shape index (κ2) is 5.10. The number of carbonyl (C=O) groups is 1. The van der Waals surface area contributed by atoms with E-state index in [0.717, 1.165) is 24.6 Å². The van der Waals surface area contributed by atoms with Crippen molar-refractivity contribution in [1.82, 2.24) is 20.6 Å². The summed E-state index contributed by atoms with van der Waals surface area (Å²) in [4.78, 5) is 19.1. The molecular weight excluding hydrogens is 228 g/mol. The summed E-state index contributed by atoms with van der Waals surface area (Å²) >= 11 is 0. The number of nitrogens with zero attached hydrogens (tertiary/aromatic N) is 1. The van der Waals surface area contributed by atoms with Crippen LogP contribution < -0.4 is 10.6 Å². The highest BCUT2D eigenvalue weighted by Crippen LogP contribution is 2.37. The van der Waals surface area contributed by atoms with Gasteiger partial charge in [-0.25, -0.2) is 4.98 Å². The third kappa shape index (κ3) is 2.27. The number of carbonyl (C=O) groups excluding carboxylic acids is 1. The highest BCUT2D eigenvalue weighted by atomic mass is 16.2. The Morgan fingerprint density at radius 2 is 2.44 bits per heavy atom. The molecule has 0 radical (unpaired) electrons. The number of aromatic amines is 1. The van der Waals surface area contributed by atoms with Gasteiger partial charge < -0.3 is 15.6 Å². The van der Waals surface area contributed by atoms with E-state index in [9.17, 15) is 4.79 Å². The molecule has 3 unspecified atom stereocenters. The fraction of sp³-hybridized carbons (Fsp3) is 0.692. The molecule has 1 saturated heterocycles. The Morgan fingerprint density at radius 3 is 3.28 bits per heavy atom. The number of fused-ring (bicyclic) bond motifs is 1. The zero-order valence-corrected chi connectivity index (χ0v) is 10.5. The zero-order chi connectivity index (χ0) is 12.4. The fourth-order valence-corrected chi connectivity index (χ4v) is 3.33. The first kappa shape index (κ1) is 11.7. The summed E-state index contributed by atoms with van der Waals surface area (Å²) in [5.74, 6) is 1.47. The van der Waals surface area contributed by atoms with Crippen molar-refractivity contribution in [2.24, 2.45) is 11.8 Å². The van der Waals surface area contributed by atoms with Gasteiger partial charge in [0.2, 0.25) is 5.91 Å². The van der Waals surface area contributed by atoms with Crippen LogP contribution in [0.1, 0.15) is 25.0 Å². The van der Waals surface area contributed by atoms with Crippen molar-refractivity contribution < 1.29 is 4.79 Å². The molecule has 3 atom stereocenters. The molecule has 3 rings (SSSR count). The Kier molecular flexibility index (Phi) is 3.32. The van der Waals surface area contributed by atoms with Gasteiger partial charge in [0.15, 0.2) is 0 Å². The predicted molar refractivity (Wildman–Crippen MR) is 67.9 cm³/mol. The van der Waals surface area contributed by atoms with E-state index < -0.39 is 0 Å². The average Bonchev–Trinajstić information content (AvgIpc) is 3.05. The topological polar surface area (TPSA) is 69.8 Å². The lowest BCUT2D eigenvalue weighted by atomic mass is 9.93. The molecule has 1 aliphatic heterocycles. The van der Waals surface area contributed by atoms with Crippen LogP contribution in [0.25, 0.3) is 0 Å². The number of rotatable bonds is 4. The minimum atomic E-state index is 0.0410. The quantitative estimate of drug-likeness (QED) is 0.725. The van der Waals surface area contributed by atoms with Gasteiger partial charge >= 0.3 is 0 Å². The number of H-pyrrole nitrogens is 1. The van der Waals surface area contributed by atoms with Crippen LogP contribution in [0, 0.1) is 11.8 Å². The minimum Gasteiger partial charge on any atom is -0.354 e. The Bertz CT molecular complexity index is 403. The number of imidazole rings is 1. The first-order valence-electron chi connectivity index (χ1n) is 6.83. The molecule has 0 spiro atoms. The summed E-state index contributed by atoms with van der Waals surface area (Å²) in [6, 6.07) is 0.0410. The molecule has 1 aromatic heterocycles. The molecule has 5 heteroatoms. The number of amides is 1. The largest absolute Gasteiger partial charge is 0.354 e. The van der Waals surface area contributed by atoms with Gasteiger partial charge in [-0.3, -0.25) is 4.79 Å². The molecule has 0 bridgehead atoms. The highest BCUT2D eigenvalue weighted by Gasteiger charge is 2.42. The number of hydrogen-bond donors (Lipinski definition) is 3. The van der Waals surface area contributed by atoms with Crippen molar-refractivity contribution >= 4 is 5.91 Å². The third-order valence-corrected chi connectivity index (χ3v) is 4.28. The van der Waals surface area contributed by atoms with Gasteiger partial charge in [0.1, 0.15) is 0 Å². The predicted octanol–water partition coefficient (Wildman–Crippen LogP) is 0.456. The standard InChI is InChI=1S/C13H20N4O/c18-13(15-5-4-10-7-14-8-17-10)12-11-3-1-2-9(11)6-16-12/h7-9,11-12,16H,1-6H2,(H,14,17)(H,15,18). The molecule has 3 N–H and O–H groups in total. The number of hydrogen-bond acceptors (Lipinski definition) is 3. The number of nitrogens with one attached hydrogen (secondary N) is 3. The van der Waals surface area contributed by atoms with Crippen LogP contribution in [0.15, 0.2) is 12.5 Å². The SMILES string of the molecule is O=C(NCCc1cnc[nH]1)C1NCC2CCCC21. The lowest BCUT2D eigenvalue weighted by Gasteiger charge is -2.17. The molecular formula is C13H20N4O. The van der Waals surface area contributed by atoms with Crippen LogP contribution >= 0.6 is 0 Å². The highest BCUT2D eigenvalue weighted by molar-refractivity contribution is 5.82. The molecule has 2 aliphatic rings. The normalized spacial score (nSPS) is 30.3. The third-order valence-electron chi connectivity index (χ3n) is 4.28. The summed E-state index contributed by atoms with van der Waals surface area (Å²) in [5, 5.41) is 6.40. The van der Waals surface area contributed by atoms with E-state index in [1.807, 2.05) is 0 Å². The minimum absolute atomic E-state index is 0.0410. The molecule has 18 heavy (non-hydrogen) atoms. The summed E-state index contributed by atoms with van der Waals surface area (Å²) in [7, 11) is 0. The number of aromatic nitrogens is 2. The average molecular weight is 248 g/mol. The van der Waals surface area contributed by atoms with E-state index in [1.165, 1.54) is 19.3 Å². The molecule has 2 heterocycles. The molecule has 98 valence electrons. The first-order valence-corrected chi connectivity index (χ1v) is 6.83. The first-order chi connectivity index (χ1) is 8.84. The molecule has 0 aromatic carbocycles. The monoisotopic (exact) mass is 248 g/mol. The van der Waals surface area contributed by atoms with Gasteiger partial charge in [0.25, 0.3) is 0 Å². The van der Waals surface area contributed by atoms with E-state index in [4.69, 9.17) is 0 Å². The Balaban J connectivity index is 1.47. The molecule has 2 fully saturated rings. The van der Waals surface area contributed by atoms with E-state index in [-0.39, 0.29) is 11.9 Å². The van der Waals surface area contributed by atoms with Crippen molar-refractivity contribution in [1.29, 1.82) is 0 Å². The van der Waals surface area contributed by atoms with Crippen LogP contribution in [-0.2, 0) is 11.2 Å². The van der Waals surface area contributed by atoms with Crippen LogP contribution in [0.2, 0.25) is 0 Å². The molecule has 5 nitrogen and oxygen atoms in total. The van der Waals surface area contributed by atoms with Gasteiger partial charge in [0.05, 0.1) is 12.4 Å².